The smallest absolute Gasteiger partial charge is 0.410 e. The summed E-state index contributed by atoms with van der Waals surface area (Å²) in [7, 11) is 1.32. The first-order chi connectivity index (χ1) is 18.6. The number of thioether (sulfide) groups is 1. The van der Waals surface area contributed by atoms with Crippen LogP contribution in [0.4, 0.5) is 4.79 Å². The normalized spacial score (nSPS) is 15.9. The van der Waals surface area contributed by atoms with Gasteiger partial charge in [-0.25, -0.2) is 9.59 Å². The maximum absolute atomic E-state index is 13.0. The second-order valence-corrected chi connectivity index (χ2v) is 10.8. The van der Waals surface area contributed by atoms with E-state index in [0.29, 0.717) is 25.1 Å². The fraction of sp³-hybridized carbons (Fsp3) is 0.633. The first-order valence-electron chi connectivity index (χ1n) is 14.1. The van der Waals surface area contributed by atoms with Crippen LogP contribution in [-0.4, -0.2) is 60.1 Å². The average molecular weight is 547 g/mol. The van der Waals surface area contributed by atoms with Gasteiger partial charge in [0.15, 0.2) is 0 Å². The summed E-state index contributed by atoms with van der Waals surface area (Å²) in [6.07, 6.45) is 16.6. The molecule has 38 heavy (non-hydrogen) atoms. The quantitative estimate of drug-likeness (QED) is 0.133. The number of benzene rings is 1. The number of hydrogen-bond acceptors (Lipinski definition) is 6. The number of esters is 1. The molecule has 1 aromatic carbocycles. The third-order valence-corrected chi connectivity index (χ3v) is 7.68. The summed E-state index contributed by atoms with van der Waals surface area (Å²) in [5, 5.41) is 2.80. The summed E-state index contributed by atoms with van der Waals surface area (Å²) in [6, 6.07) is 8.01. The van der Waals surface area contributed by atoms with Crippen LogP contribution in [0.5, 0.6) is 0 Å². The van der Waals surface area contributed by atoms with Crippen LogP contribution < -0.4 is 5.32 Å². The Labute approximate surface area is 233 Å². The first-order valence-corrected chi connectivity index (χ1v) is 15.3. The van der Waals surface area contributed by atoms with Crippen LogP contribution in [0, 0.1) is 0 Å². The highest BCUT2D eigenvalue weighted by atomic mass is 32.2. The predicted molar refractivity (Wildman–Crippen MR) is 154 cm³/mol. The van der Waals surface area contributed by atoms with E-state index < -0.39 is 24.1 Å². The summed E-state index contributed by atoms with van der Waals surface area (Å²) in [5.41, 5.74) is 0.885. The fourth-order valence-electron chi connectivity index (χ4n) is 4.47. The van der Waals surface area contributed by atoms with Crippen molar-refractivity contribution in [2.75, 3.05) is 25.2 Å². The van der Waals surface area contributed by atoms with Crippen molar-refractivity contribution in [2.45, 2.75) is 96.2 Å². The minimum atomic E-state index is -0.763. The van der Waals surface area contributed by atoms with E-state index in [2.05, 4.69) is 24.4 Å². The molecule has 0 bridgehead atoms. The SMILES string of the molecule is CCCCCCCCCC/C=C/CSC[C@H](NC(=O)[C@@H]1CCCN1C(=O)OCc1ccccc1)C(=O)OC. The summed E-state index contributed by atoms with van der Waals surface area (Å²) < 4.78 is 10.3. The van der Waals surface area contributed by atoms with Gasteiger partial charge in [-0.05, 0) is 31.2 Å². The van der Waals surface area contributed by atoms with Crippen molar-refractivity contribution in [1.29, 1.82) is 0 Å². The number of ether oxygens (including phenoxy) is 2. The summed E-state index contributed by atoms with van der Waals surface area (Å²) in [5.74, 6) is 0.346. The number of nitrogens with one attached hydrogen (secondary N) is 1. The maximum atomic E-state index is 13.0. The molecule has 0 radical (unpaired) electrons. The molecule has 1 heterocycles. The lowest BCUT2D eigenvalue weighted by atomic mass is 10.1. The zero-order valence-electron chi connectivity index (χ0n) is 23.2. The Bertz CT molecular complexity index is 848. The van der Waals surface area contributed by atoms with Gasteiger partial charge in [-0.1, -0.05) is 94.4 Å². The summed E-state index contributed by atoms with van der Waals surface area (Å²) in [4.78, 5) is 39.4. The highest BCUT2D eigenvalue weighted by Crippen LogP contribution is 2.20. The van der Waals surface area contributed by atoms with E-state index in [1.54, 1.807) is 11.8 Å². The molecule has 1 fully saturated rings. The van der Waals surface area contributed by atoms with E-state index in [1.807, 2.05) is 30.3 Å². The molecule has 0 spiro atoms. The molecule has 212 valence electrons. The minimum Gasteiger partial charge on any atom is -0.467 e. The Morgan fingerprint density at radius 1 is 1.05 bits per heavy atom. The highest BCUT2D eigenvalue weighted by molar-refractivity contribution is 7.99. The number of methoxy groups -OCH3 is 1. The van der Waals surface area contributed by atoms with Gasteiger partial charge < -0.3 is 14.8 Å². The molecular formula is C30H46N2O5S. The van der Waals surface area contributed by atoms with Crippen molar-refractivity contribution >= 4 is 29.7 Å². The standard InChI is InChI=1S/C30H46N2O5S/c1-3-4-5-6-7-8-9-10-11-12-16-22-38-24-26(29(34)36-2)31-28(33)27-20-17-21-32(27)30(35)37-23-25-18-14-13-15-19-25/h12-16,18-19,26-27H,3-11,17,20-24H2,1-2H3,(H,31,33)/b16-12+/t26-,27-/m0/s1. The third kappa shape index (κ3) is 12.4. The third-order valence-electron chi connectivity index (χ3n) is 6.69. The molecule has 0 aliphatic carbocycles. The molecule has 2 rings (SSSR count). The topological polar surface area (TPSA) is 84.9 Å². The van der Waals surface area contributed by atoms with Gasteiger partial charge >= 0.3 is 12.1 Å². The molecule has 1 aliphatic heterocycles. The molecule has 0 saturated carbocycles. The van der Waals surface area contributed by atoms with Crippen LogP contribution in [0.25, 0.3) is 0 Å². The lowest BCUT2D eigenvalue weighted by Crippen LogP contribution is -2.52. The van der Waals surface area contributed by atoms with Gasteiger partial charge in [-0.2, -0.15) is 11.8 Å². The Balaban J connectivity index is 1.69. The Morgan fingerprint density at radius 3 is 2.47 bits per heavy atom. The van der Waals surface area contributed by atoms with E-state index in [-0.39, 0.29) is 12.5 Å². The van der Waals surface area contributed by atoms with E-state index in [4.69, 9.17) is 9.47 Å². The molecule has 7 nitrogen and oxygen atoms in total. The van der Waals surface area contributed by atoms with Crippen LogP contribution in [0.15, 0.2) is 42.5 Å². The number of amides is 2. The van der Waals surface area contributed by atoms with E-state index >= 15 is 0 Å². The van der Waals surface area contributed by atoms with E-state index in [9.17, 15) is 14.4 Å². The number of carbonyl (C=O) groups is 3. The Hall–Kier alpha value is -2.48. The van der Waals surface area contributed by atoms with Crippen LogP contribution in [0.1, 0.15) is 83.1 Å². The average Bonchev–Trinajstić information content (AvgIpc) is 3.44. The maximum Gasteiger partial charge on any atom is 0.410 e. The monoisotopic (exact) mass is 546 g/mol. The largest absolute Gasteiger partial charge is 0.467 e. The zero-order chi connectivity index (χ0) is 27.4. The highest BCUT2D eigenvalue weighted by Gasteiger charge is 2.37. The number of likely N-dealkylation sites (tertiary alicyclic amines) is 1. The molecule has 2 atom stereocenters. The second kappa shape index (κ2) is 19.6. The molecular weight excluding hydrogens is 500 g/mol. The lowest BCUT2D eigenvalue weighted by Gasteiger charge is -2.25. The van der Waals surface area contributed by atoms with Crippen molar-refractivity contribution in [3.8, 4) is 0 Å². The first kappa shape index (κ1) is 31.7. The summed E-state index contributed by atoms with van der Waals surface area (Å²) in [6.45, 7) is 2.85. The summed E-state index contributed by atoms with van der Waals surface area (Å²) >= 11 is 1.57. The molecule has 2 amide bonds. The number of carbonyl (C=O) groups excluding carboxylic acids is 3. The van der Waals surface area contributed by atoms with Crippen molar-refractivity contribution < 1.29 is 23.9 Å². The van der Waals surface area contributed by atoms with Gasteiger partial charge in [0.1, 0.15) is 18.7 Å². The molecule has 0 aromatic heterocycles. The van der Waals surface area contributed by atoms with Crippen LogP contribution >= 0.6 is 11.8 Å². The zero-order valence-corrected chi connectivity index (χ0v) is 24.0. The molecule has 1 aliphatic rings. The number of hydrogen-bond donors (Lipinski definition) is 1. The number of rotatable bonds is 18. The molecule has 1 aromatic rings. The van der Waals surface area contributed by atoms with Gasteiger partial charge in [-0.15, -0.1) is 0 Å². The molecule has 1 N–H and O–H groups in total. The van der Waals surface area contributed by atoms with Gasteiger partial charge in [0.2, 0.25) is 5.91 Å². The molecule has 8 heteroatoms. The molecule has 0 unspecified atom stereocenters. The molecule has 1 saturated heterocycles. The van der Waals surface area contributed by atoms with Gasteiger partial charge in [-0.3, -0.25) is 9.69 Å². The van der Waals surface area contributed by atoms with E-state index in [1.165, 1.54) is 63.4 Å². The minimum absolute atomic E-state index is 0.151. The fourth-order valence-corrected chi connectivity index (χ4v) is 5.34. The second-order valence-electron chi connectivity index (χ2n) is 9.75. The van der Waals surface area contributed by atoms with E-state index in [0.717, 1.165) is 17.7 Å². The van der Waals surface area contributed by atoms with Gasteiger partial charge in [0.05, 0.1) is 7.11 Å². The van der Waals surface area contributed by atoms with Crippen molar-refractivity contribution in [2.24, 2.45) is 0 Å². The van der Waals surface area contributed by atoms with Crippen molar-refractivity contribution in [3.63, 3.8) is 0 Å². The van der Waals surface area contributed by atoms with Crippen LogP contribution in [-0.2, 0) is 25.7 Å². The number of nitrogens with zero attached hydrogens (tertiary/aromatic N) is 1. The Kier molecular flexibility index (Phi) is 16.3. The van der Waals surface area contributed by atoms with Crippen LogP contribution in [0.3, 0.4) is 0 Å². The van der Waals surface area contributed by atoms with Crippen LogP contribution in [0.2, 0.25) is 0 Å². The number of unbranched alkanes of at least 4 members (excludes halogenated alkanes) is 8. The Morgan fingerprint density at radius 2 is 1.76 bits per heavy atom. The lowest BCUT2D eigenvalue weighted by molar-refractivity contribution is -0.144. The van der Waals surface area contributed by atoms with Gasteiger partial charge in [0, 0.05) is 18.1 Å². The van der Waals surface area contributed by atoms with Crippen molar-refractivity contribution in [1.82, 2.24) is 10.2 Å². The predicted octanol–water partition coefficient (Wildman–Crippen LogP) is 6.27. The number of allylic oxidation sites excluding steroid dienone is 1. The van der Waals surface area contributed by atoms with Gasteiger partial charge in [0.25, 0.3) is 0 Å². The van der Waals surface area contributed by atoms with Crippen molar-refractivity contribution in [3.05, 3.63) is 48.0 Å².